The summed E-state index contributed by atoms with van der Waals surface area (Å²) in [5.74, 6) is -0.383. The van der Waals surface area contributed by atoms with Crippen molar-refractivity contribution in [1.29, 1.82) is 0 Å². The molecule has 2 aromatic rings. The molecule has 108 valence electrons. The van der Waals surface area contributed by atoms with Gasteiger partial charge >= 0.3 is 6.03 Å². The van der Waals surface area contributed by atoms with E-state index in [0.29, 0.717) is 22.5 Å². The number of hydrogen-bond donors (Lipinski definition) is 2. The van der Waals surface area contributed by atoms with Gasteiger partial charge < -0.3 is 10.6 Å². The standard InChI is InChI=1S/C16H15FN2O2/c1-10-9-13(17)5-8-15(10)19-16(21)18-14-6-3-12(4-7-14)11(2)20/h3-9H,1-2H3,(H2,18,19,21). The van der Waals surface area contributed by atoms with E-state index in [1.165, 1.54) is 25.1 Å². The second kappa shape index (κ2) is 6.17. The van der Waals surface area contributed by atoms with Gasteiger partial charge in [0.05, 0.1) is 0 Å². The van der Waals surface area contributed by atoms with E-state index in [-0.39, 0.29) is 11.6 Å². The Morgan fingerprint density at radius 2 is 1.67 bits per heavy atom. The first kappa shape index (κ1) is 14.7. The maximum atomic E-state index is 13.0. The molecule has 2 amide bonds. The Morgan fingerprint density at radius 3 is 2.24 bits per heavy atom. The average Bonchev–Trinajstić information content (AvgIpc) is 2.42. The number of benzene rings is 2. The number of carbonyl (C=O) groups excluding carboxylic acids is 2. The Labute approximate surface area is 122 Å². The minimum atomic E-state index is -0.430. The molecule has 0 radical (unpaired) electrons. The molecule has 0 saturated heterocycles. The molecule has 0 atom stereocenters. The number of rotatable bonds is 3. The molecule has 0 aliphatic carbocycles. The fraction of sp³-hybridized carbons (Fsp3) is 0.125. The minimum absolute atomic E-state index is 0.0343. The number of Topliss-reactive ketones (excluding diaryl/α,β-unsaturated/α-hetero) is 1. The van der Waals surface area contributed by atoms with Gasteiger partial charge in [-0.1, -0.05) is 0 Å². The molecule has 0 aliphatic rings. The number of carbonyl (C=O) groups is 2. The summed E-state index contributed by atoms with van der Waals surface area (Å²) in [5, 5.41) is 5.28. The van der Waals surface area contributed by atoms with E-state index in [9.17, 15) is 14.0 Å². The van der Waals surface area contributed by atoms with Gasteiger partial charge in [-0.25, -0.2) is 9.18 Å². The minimum Gasteiger partial charge on any atom is -0.308 e. The summed E-state index contributed by atoms with van der Waals surface area (Å²) in [5.41, 5.74) is 2.32. The molecule has 5 heteroatoms. The highest BCUT2D eigenvalue weighted by Gasteiger charge is 2.06. The van der Waals surface area contributed by atoms with Gasteiger partial charge in [0.15, 0.2) is 5.78 Å². The fourth-order valence-electron chi connectivity index (χ4n) is 1.84. The molecular weight excluding hydrogens is 271 g/mol. The van der Waals surface area contributed by atoms with Crippen molar-refractivity contribution in [2.45, 2.75) is 13.8 Å². The molecule has 0 fully saturated rings. The predicted molar refractivity (Wildman–Crippen MR) is 80.2 cm³/mol. The van der Waals surface area contributed by atoms with Gasteiger partial charge in [0.2, 0.25) is 0 Å². The van der Waals surface area contributed by atoms with Crippen LogP contribution in [0.1, 0.15) is 22.8 Å². The first-order chi connectivity index (χ1) is 9.95. The van der Waals surface area contributed by atoms with Gasteiger partial charge in [0, 0.05) is 16.9 Å². The number of ketones is 1. The maximum absolute atomic E-state index is 13.0. The van der Waals surface area contributed by atoms with Crippen molar-refractivity contribution >= 4 is 23.2 Å². The highest BCUT2D eigenvalue weighted by molar-refractivity contribution is 6.00. The third-order valence-corrected chi connectivity index (χ3v) is 2.99. The van der Waals surface area contributed by atoms with E-state index >= 15 is 0 Å². The molecule has 0 bridgehead atoms. The number of halogens is 1. The van der Waals surface area contributed by atoms with Crippen LogP contribution in [-0.4, -0.2) is 11.8 Å². The smallest absolute Gasteiger partial charge is 0.308 e. The van der Waals surface area contributed by atoms with Crippen LogP contribution < -0.4 is 10.6 Å². The van der Waals surface area contributed by atoms with Gasteiger partial charge in [0.25, 0.3) is 0 Å². The molecule has 2 N–H and O–H groups in total. The number of nitrogens with one attached hydrogen (secondary N) is 2. The van der Waals surface area contributed by atoms with Crippen LogP contribution in [-0.2, 0) is 0 Å². The highest BCUT2D eigenvalue weighted by Crippen LogP contribution is 2.16. The zero-order valence-electron chi connectivity index (χ0n) is 11.7. The van der Waals surface area contributed by atoms with Crippen LogP contribution in [0.2, 0.25) is 0 Å². The quantitative estimate of drug-likeness (QED) is 0.838. The average molecular weight is 286 g/mol. The van der Waals surface area contributed by atoms with Crippen LogP contribution in [0.15, 0.2) is 42.5 Å². The van der Waals surface area contributed by atoms with E-state index in [0.717, 1.165) is 0 Å². The number of urea groups is 1. The summed E-state index contributed by atoms with van der Waals surface area (Å²) < 4.78 is 13.0. The van der Waals surface area contributed by atoms with E-state index in [1.807, 2.05) is 0 Å². The molecule has 21 heavy (non-hydrogen) atoms. The second-order valence-corrected chi connectivity index (χ2v) is 4.67. The lowest BCUT2D eigenvalue weighted by molar-refractivity contribution is 0.101. The Hall–Kier alpha value is -2.69. The van der Waals surface area contributed by atoms with E-state index in [1.54, 1.807) is 31.2 Å². The van der Waals surface area contributed by atoms with E-state index < -0.39 is 6.03 Å². The Kier molecular flexibility index (Phi) is 4.33. The first-order valence-electron chi connectivity index (χ1n) is 6.41. The molecule has 0 aromatic heterocycles. The summed E-state index contributed by atoms with van der Waals surface area (Å²) in [6.45, 7) is 3.19. The first-order valence-corrected chi connectivity index (χ1v) is 6.41. The van der Waals surface area contributed by atoms with Gasteiger partial charge in [0.1, 0.15) is 5.82 Å². The summed E-state index contributed by atoms with van der Waals surface area (Å²) in [7, 11) is 0. The van der Waals surface area contributed by atoms with E-state index in [4.69, 9.17) is 0 Å². The highest BCUT2D eigenvalue weighted by atomic mass is 19.1. The monoisotopic (exact) mass is 286 g/mol. The molecule has 4 nitrogen and oxygen atoms in total. The van der Waals surface area contributed by atoms with Gasteiger partial charge in [-0.05, 0) is 61.9 Å². The van der Waals surface area contributed by atoms with Crippen LogP contribution in [0.5, 0.6) is 0 Å². The van der Waals surface area contributed by atoms with Crippen LogP contribution in [0.25, 0.3) is 0 Å². The third kappa shape index (κ3) is 3.89. The predicted octanol–water partition coefficient (Wildman–Crippen LogP) is 3.98. The largest absolute Gasteiger partial charge is 0.323 e. The van der Waals surface area contributed by atoms with Crippen molar-refractivity contribution in [3.8, 4) is 0 Å². The molecule has 0 aliphatic heterocycles. The van der Waals surface area contributed by atoms with Gasteiger partial charge in [-0.2, -0.15) is 0 Å². The lowest BCUT2D eigenvalue weighted by Crippen LogP contribution is -2.20. The van der Waals surface area contributed by atoms with Crippen LogP contribution in [0.3, 0.4) is 0 Å². The molecule has 0 unspecified atom stereocenters. The molecular formula is C16H15FN2O2. The number of aryl methyl sites for hydroxylation is 1. The number of amides is 2. The molecule has 0 saturated carbocycles. The van der Waals surface area contributed by atoms with Crippen molar-refractivity contribution in [3.05, 3.63) is 59.4 Å². The topological polar surface area (TPSA) is 58.2 Å². The summed E-state index contributed by atoms with van der Waals surface area (Å²) >= 11 is 0. The molecule has 2 rings (SSSR count). The van der Waals surface area contributed by atoms with Crippen molar-refractivity contribution in [2.75, 3.05) is 10.6 Å². The molecule has 0 heterocycles. The fourth-order valence-corrected chi connectivity index (χ4v) is 1.84. The van der Waals surface area contributed by atoms with Gasteiger partial charge in [-0.3, -0.25) is 4.79 Å². The van der Waals surface area contributed by atoms with Crippen LogP contribution in [0.4, 0.5) is 20.6 Å². The normalized spacial score (nSPS) is 10.0. The number of hydrogen-bond acceptors (Lipinski definition) is 2. The summed E-state index contributed by atoms with van der Waals surface area (Å²) in [6, 6.07) is 10.3. The summed E-state index contributed by atoms with van der Waals surface area (Å²) in [4.78, 5) is 23.0. The van der Waals surface area contributed by atoms with E-state index in [2.05, 4.69) is 10.6 Å². The Balaban J connectivity index is 2.02. The second-order valence-electron chi connectivity index (χ2n) is 4.67. The molecule has 0 spiro atoms. The summed E-state index contributed by atoms with van der Waals surface area (Å²) in [6.07, 6.45) is 0. The lowest BCUT2D eigenvalue weighted by Gasteiger charge is -2.10. The van der Waals surface area contributed by atoms with Crippen LogP contribution >= 0.6 is 0 Å². The Bertz CT molecular complexity index is 681. The SMILES string of the molecule is CC(=O)c1ccc(NC(=O)Nc2ccc(F)cc2C)cc1. The lowest BCUT2D eigenvalue weighted by atomic mass is 10.1. The van der Waals surface area contributed by atoms with Crippen molar-refractivity contribution in [1.82, 2.24) is 0 Å². The molecule has 2 aromatic carbocycles. The van der Waals surface area contributed by atoms with Crippen LogP contribution in [0, 0.1) is 12.7 Å². The zero-order chi connectivity index (χ0) is 15.4. The maximum Gasteiger partial charge on any atom is 0.323 e. The third-order valence-electron chi connectivity index (χ3n) is 2.99. The Morgan fingerprint density at radius 1 is 1.00 bits per heavy atom. The number of anilines is 2. The van der Waals surface area contributed by atoms with Crippen molar-refractivity contribution in [2.24, 2.45) is 0 Å². The van der Waals surface area contributed by atoms with Crippen molar-refractivity contribution in [3.63, 3.8) is 0 Å². The van der Waals surface area contributed by atoms with Gasteiger partial charge in [-0.15, -0.1) is 0 Å². The zero-order valence-corrected chi connectivity index (χ0v) is 11.7. The van der Waals surface area contributed by atoms with Crippen molar-refractivity contribution < 1.29 is 14.0 Å².